The van der Waals surface area contributed by atoms with Crippen LogP contribution in [0.2, 0.25) is 0 Å². The summed E-state index contributed by atoms with van der Waals surface area (Å²) in [5.41, 5.74) is 9.51. The third-order valence-corrected chi connectivity index (χ3v) is 0.633. The molecule has 0 radical (unpaired) electrons. The fourth-order valence-corrected chi connectivity index (χ4v) is 0.383. The Bertz CT molecular complexity index is 52.5. The molecular formula is C4H12ClFN2. The Labute approximate surface area is 54.8 Å². The number of hydrogen-bond donors (Lipinski definition) is 2. The molecule has 0 amide bonds. The van der Waals surface area contributed by atoms with Gasteiger partial charge in [0.25, 0.3) is 0 Å². The molecule has 52 valence electrons. The van der Waals surface area contributed by atoms with Gasteiger partial charge in [-0.05, 0) is 0 Å². The van der Waals surface area contributed by atoms with Gasteiger partial charge in [0.15, 0.2) is 0 Å². The van der Waals surface area contributed by atoms with E-state index >= 15 is 0 Å². The van der Waals surface area contributed by atoms with Crippen molar-refractivity contribution in [3.8, 4) is 0 Å². The minimum atomic E-state index is -1.95. The van der Waals surface area contributed by atoms with Gasteiger partial charge in [0, 0.05) is 6.42 Å². The Kier molecular flexibility index (Phi) is 5.59. The van der Waals surface area contributed by atoms with E-state index in [1.165, 1.54) is 0 Å². The quantitative estimate of drug-likeness (QED) is 0.442. The Morgan fingerprint density at radius 1 is 1.50 bits per heavy atom. The third kappa shape index (κ3) is 9.46. The summed E-state index contributed by atoms with van der Waals surface area (Å²) in [7, 11) is 0. The van der Waals surface area contributed by atoms with Gasteiger partial charge in [0.05, 0.1) is 0 Å². The summed E-state index contributed by atoms with van der Waals surface area (Å²) < 4.78 is 11.9. The topological polar surface area (TPSA) is 52.0 Å². The van der Waals surface area contributed by atoms with Crippen LogP contribution < -0.4 is 11.5 Å². The van der Waals surface area contributed by atoms with Crippen LogP contribution in [-0.2, 0) is 0 Å². The molecule has 0 heterocycles. The minimum absolute atomic E-state index is 0. The van der Waals surface area contributed by atoms with Gasteiger partial charge in [-0.3, -0.25) is 11.5 Å². The summed E-state index contributed by atoms with van der Waals surface area (Å²) in [5, 5.41) is 0. The first-order valence-corrected chi connectivity index (χ1v) is 2.33. The molecule has 0 aliphatic heterocycles. The van der Waals surface area contributed by atoms with Crippen molar-refractivity contribution in [3.05, 3.63) is 0 Å². The van der Waals surface area contributed by atoms with E-state index in [0.29, 0.717) is 6.42 Å². The molecule has 2 nitrogen and oxygen atoms in total. The van der Waals surface area contributed by atoms with E-state index in [4.69, 9.17) is 11.5 Å². The van der Waals surface area contributed by atoms with Crippen LogP contribution in [0.1, 0.15) is 19.8 Å². The lowest BCUT2D eigenvalue weighted by molar-refractivity contribution is 0.167. The molecule has 8 heavy (non-hydrogen) atoms. The Morgan fingerprint density at radius 3 is 1.88 bits per heavy atom. The second-order valence-corrected chi connectivity index (χ2v) is 1.68. The lowest BCUT2D eigenvalue weighted by Crippen LogP contribution is -2.44. The Balaban J connectivity index is 0. The largest absolute Gasteiger partial charge is 0.287 e. The molecule has 0 rings (SSSR count). The molecule has 0 aromatic carbocycles. The van der Waals surface area contributed by atoms with Gasteiger partial charge in [-0.2, -0.15) is 0 Å². The van der Waals surface area contributed by atoms with E-state index < -0.39 is 5.92 Å². The van der Waals surface area contributed by atoms with Gasteiger partial charge in [0.1, 0.15) is 0 Å². The van der Waals surface area contributed by atoms with Gasteiger partial charge in [-0.15, -0.1) is 12.4 Å². The molecule has 0 spiro atoms. The molecule has 0 aliphatic carbocycles. The molecule has 0 bridgehead atoms. The lowest BCUT2D eigenvalue weighted by Gasteiger charge is -2.10. The normalized spacial score (nSPS) is 10.5. The SMILES string of the molecule is CCCC(N)(N)F.Cl. The predicted molar refractivity (Wildman–Crippen MR) is 34.4 cm³/mol. The van der Waals surface area contributed by atoms with Crippen molar-refractivity contribution < 1.29 is 4.39 Å². The molecular weight excluding hydrogens is 131 g/mol. The molecule has 0 fully saturated rings. The number of rotatable bonds is 2. The van der Waals surface area contributed by atoms with Crippen molar-refractivity contribution in [2.24, 2.45) is 11.5 Å². The maximum Gasteiger partial charge on any atom is 0.210 e. The molecule has 4 N–H and O–H groups in total. The highest BCUT2D eigenvalue weighted by molar-refractivity contribution is 5.85. The van der Waals surface area contributed by atoms with Crippen molar-refractivity contribution in [1.29, 1.82) is 0 Å². The van der Waals surface area contributed by atoms with E-state index in [1.807, 2.05) is 6.92 Å². The molecule has 0 atom stereocenters. The first-order valence-electron chi connectivity index (χ1n) is 2.33. The monoisotopic (exact) mass is 142 g/mol. The summed E-state index contributed by atoms with van der Waals surface area (Å²) in [6.45, 7) is 1.83. The van der Waals surface area contributed by atoms with Crippen molar-refractivity contribution >= 4 is 12.4 Å². The summed E-state index contributed by atoms with van der Waals surface area (Å²) in [4.78, 5) is 0. The number of halogens is 2. The molecule has 0 unspecified atom stereocenters. The molecule has 0 saturated carbocycles. The van der Waals surface area contributed by atoms with E-state index in [-0.39, 0.29) is 18.8 Å². The van der Waals surface area contributed by atoms with E-state index in [0.717, 1.165) is 0 Å². The summed E-state index contributed by atoms with van der Waals surface area (Å²) in [6, 6.07) is 0. The first-order chi connectivity index (χ1) is 3.06. The standard InChI is InChI=1S/C4H11FN2.ClH/c1-2-3-4(5,6)7;/h2-3,6-7H2,1H3;1H. The van der Waals surface area contributed by atoms with Crippen molar-refractivity contribution in [3.63, 3.8) is 0 Å². The van der Waals surface area contributed by atoms with Crippen molar-refractivity contribution in [2.75, 3.05) is 0 Å². The fourth-order valence-electron chi connectivity index (χ4n) is 0.383. The second-order valence-electron chi connectivity index (χ2n) is 1.68. The maximum atomic E-state index is 11.9. The average Bonchev–Trinajstić information content (AvgIpc) is 1.30. The van der Waals surface area contributed by atoms with Crippen LogP contribution in [-0.4, -0.2) is 5.92 Å². The second kappa shape index (κ2) is 4.06. The molecule has 0 saturated heterocycles. The van der Waals surface area contributed by atoms with Crippen LogP contribution >= 0.6 is 12.4 Å². The van der Waals surface area contributed by atoms with Gasteiger partial charge < -0.3 is 0 Å². The van der Waals surface area contributed by atoms with Crippen LogP contribution in [0.25, 0.3) is 0 Å². The van der Waals surface area contributed by atoms with E-state index in [9.17, 15) is 4.39 Å². The Hall–Kier alpha value is 0.140. The number of alkyl halides is 1. The van der Waals surface area contributed by atoms with E-state index in [1.54, 1.807) is 0 Å². The molecule has 0 aliphatic rings. The zero-order chi connectivity index (χ0) is 5.91. The molecule has 0 aromatic rings. The fraction of sp³-hybridized carbons (Fsp3) is 1.00. The number of nitrogens with two attached hydrogens (primary N) is 2. The van der Waals surface area contributed by atoms with Crippen LogP contribution in [0, 0.1) is 0 Å². The smallest absolute Gasteiger partial charge is 0.210 e. The molecule has 4 heteroatoms. The van der Waals surface area contributed by atoms with Crippen LogP contribution in [0.3, 0.4) is 0 Å². The van der Waals surface area contributed by atoms with Crippen LogP contribution in [0.15, 0.2) is 0 Å². The third-order valence-electron chi connectivity index (χ3n) is 0.633. The molecule has 0 aromatic heterocycles. The Morgan fingerprint density at radius 2 is 1.88 bits per heavy atom. The van der Waals surface area contributed by atoms with E-state index in [2.05, 4.69) is 0 Å². The zero-order valence-electron chi connectivity index (χ0n) is 4.86. The summed E-state index contributed by atoms with van der Waals surface area (Å²) in [5.74, 6) is -1.95. The maximum absolute atomic E-state index is 11.9. The highest BCUT2D eigenvalue weighted by Crippen LogP contribution is 2.00. The van der Waals surface area contributed by atoms with Crippen molar-refractivity contribution in [1.82, 2.24) is 0 Å². The van der Waals surface area contributed by atoms with Gasteiger partial charge in [-0.25, -0.2) is 4.39 Å². The first kappa shape index (κ1) is 11.0. The van der Waals surface area contributed by atoms with Crippen LogP contribution in [0.4, 0.5) is 4.39 Å². The van der Waals surface area contributed by atoms with Gasteiger partial charge >= 0.3 is 0 Å². The highest BCUT2D eigenvalue weighted by Gasteiger charge is 2.12. The number of hydrogen-bond acceptors (Lipinski definition) is 2. The van der Waals surface area contributed by atoms with Gasteiger partial charge in [-0.1, -0.05) is 13.3 Å². The highest BCUT2D eigenvalue weighted by atomic mass is 35.5. The summed E-state index contributed by atoms with van der Waals surface area (Å²) >= 11 is 0. The van der Waals surface area contributed by atoms with Crippen LogP contribution in [0.5, 0.6) is 0 Å². The predicted octanol–water partition coefficient (Wildman–Crippen LogP) is 0.749. The summed E-state index contributed by atoms with van der Waals surface area (Å²) in [6.07, 6.45) is 0.913. The zero-order valence-corrected chi connectivity index (χ0v) is 5.67. The average molecular weight is 143 g/mol. The van der Waals surface area contributed by atoms with Crippen molar-refractivity contribution in [2.45, 2.75) is 25.7 Å². The van der Waals surface area contributed by atoms with Gasteiger partial charge in [0.2, 0.25) is 5.92 Å². The minimum Gasteiger partial charge on any atom is -0.287 e. The lowest BCUT2D eigenvalue weighted by atomic mass is 10.3.